The van der Waals surface area contributed by atoms with Gasteiger partial charge in [0, 0.05) is 25.0 Å². The highest BCUT2D eigenvalue weighted by molar-refractivity contribution is 7.91. The van der Waals surface area contributed by atoms with Crippen LogP contribution in [0.15, 0.2) is 6.20 Å². The minimum absolute atomic E-state index is 0.223. The van der Waals surface area contributed by atoms with Crippen molar-refractivity contribution in [1.82, 2.24) is 14.9 Å². The molecule has 1 aromatic rings. The van der Waals surface area contributed by atoms with E-state index in [1.807, 2.05) is 13.1 Å². The van der Waals surface area contributed by atoms with Crippen molar-refractivity contribution in [2.24, 2.45) is 0 Å². The molecule has 0 unspecified atom stereocenters. The molecule has 0 aliphatic heterocycles. The van der Waals surface area contributed by atoms with Gasteiger partial charge in [-0.15, -0.1) is 0 Å². The molecule has 1 rings (SSSR count). The Labute approximate surface area is 116 Å². The third kappa shape index (κ3) is 5.32. The molecule has 1 N–H and O–H groups in total. The minimum Gasteiger partial charge on any atom is -0.331 e. The van der Waals surface area contributed by atoms with Crippen molar-refractivity contribution in [1.29, 1.82) is 0 Å². The predicted molar refractivity (Wildman–Crippen MR) is 77.9 cm³/mol. The Bertz CT molecular complexity index is 480. The van der Waals surface area contributed by atoms with Crippen LogP contribution < -0.4 is 5.32 Å². The van der Waals surface area contributed by atoms with Gasteiger partial charge in [-0.2, -0.15) is 0 Å². The molecule has 0 aromatic carbocycles. The highest BCUT2D eigenvalue weighted by atomic mass is 32.2. The summed E-state index contributed by atoms with van der Waals surface area (Å²) in [6, 6.07) is 0. The fourth-order valence-electron chi connectivity index (χ4n) is 1.94. The molecule has 110 valence electrons. The molecule has 0 spiro atoms. The lowest BCUT2D eigenvalue weighted by molar-refractivity contribution is 0.570. The van der Waals surface area contributed by atoms with E-state index in [0.717, 1.165) is 31.0 Å². The zero-order chi connectivity index (χ0) is 14.3. The van der Waals surface area contributed by atoms with E-state index in [4.69, 9.17) is 0 Å². The quantitative estimate of drug-likeness (QED) is 0.699. The molecular formula is C13H25N3O2S. The summed E-state index contributed by atoms with van der Waals surface area (Å²) < 4.78 is 25.0. The van der Waals surface area contributed by atoms with Crippen molar-refractivity contribution in [2.75, 3.05) is 18.1 Å². The second kappa shape index (κ2) is 7.65. The first-order valence-corrected chi connectivity index (χ1v) is 8.74. The Morgan fingerprint density at radius 2 is 2.11 bits per heavy atom. The molecular weight excluding hydrogens is 262 g/mol. The first-order chi connectivity index (χ1) is 9.00. The Morgan fingerprint density at radius 1 is 1.37 bits per heavy atom. The van der Waals surface area contributed by atoms with E-state index in [0.29, 0.717) is 13.0 Å². The molecule has 1 aromatic heterocycles. The van der Waals surface area contributed by atoms with E-state index in [2.05, 4.69) is 21.8 Å². The fourth-order valence-corrected chi connectivity index (χ4v) is 2.80. The van der Waals surface area contributed by atoms with Gasteiger partial charge in [-0.3, -0.25) is 0 Å². The van der Waals surface area contributed by atoms with Gasteiger partial charge in [-0.1, -0.05) is 13.8 Å². The van der Waals surface area contributed by atoms with Gasteiger partial charge in [0.15, 0.2) is 0 Å². The average molecular weight is 287 g/mol. The summed E-state index contributed by atoms with van der Waals surface area (Å²) in [4.78, 5) is 4.30. The monoisotopic (exact) mass is 287 g/mol. The molecule has 0 fully saturated rings. The number of nitrogens with one attached hydrogen (secondary N) is 1. The minimum atomic E-state index is -2.87. The van der Waals surface area contributed by atoms with Crippen molar-refractivity contribution < 1.29 is 8.42 Å². The predicted octanol–water partition coefficient (Wildman–Crippen LogP) is 1.52. The maximum absolute atomic E-state index is 11.5. The van der Waals surface area contributed by atoms with E-state index in [-0.39, 0.29) is 11.5 Å². The lowest BCUT2D eigenvalue weighted by Gasteiger charge is -2.11. The van der Waals surface area contributed by atoms with E-state index in [9.17, 15) is 8.42 Å². The Kier molecular flexibility index (Phi) is 6.51. The zero-order valence-corrected chi connectivity index (χ0v) is 13.0. The van der Waals surface area contributed by atoms with Crippen LogP contribution in [-0.4, -0.2) is 36.0 Å². The summed E-state index contributed by atoms with van der Waals surface area (Å²) in [5.41, 5.74) is 1.12. The first-order valence-electron chi connectivity index (χ1n) is 6.92. The third-order valence-electron chi connectivity index (χ3n) is 3.15. The van der Waals surface area contributed by atoms with Crippen molar-refractivity contribution in [3.63, 3.8) is 0 Å². The maximum atomic E-state index is 11.5. The Morgan fingerprint density at radius 3 is 2.74 bits per heavy atom. The van der Waals surface area contributed by atoms with Gasteiger partial charge >= 0.3 is 0 Å². The average Bonchev–Trinajstić information content (AvgIpc) is 2.72. The van der Waals surface area contributed by atoms with Crippen LogP contribution in [0.3, 0.4) is 0 Å². The lowest BCUT2D eigenvalue weighted by atomic mass is 10.4. The normalized spacial score (nSPS) is 11.9. The van der Waals surface area contributed by atoms with Crippen LogP contribution in [0.4, 0.5) is 0 Å². The second-order valence-electron chi connectivity index (χ2n) is 4.72. The molecule has 0 aliphatic rings. The number of aryl methyl sites for hydroxylation is 1. The van der Waals surface area contributed by atoms with Crippen molar-refractivity contribution in [2.45, 2.75) is 46.7 Å². The molecule has 0 aliphatic carbocycles. The molecule has 0 saturated carbocycles. The standard InChI is InChI=1S/C13H25N3O2S/c1-4-7-14-10-13-11-15-12(3)16(13)8-6-9-19(17,18)5-2/h11,14H,4-10H2,1-3H3. The summed E-state index contributed by atoms with van der Waals surface area (Å²) in [5, 5.41) is 3.34. The first kappa shape index (κ1) is 16.2. The number of imidazole rings is 1. The second-order valence-corrected chi connectivity index (χ2v) is 7.19. The molecule has 5 nitrogen and oxygen atoms in total. The summed E-state index contributed by atoms with van der Waals surface area (Å²) in [6.07, 6.45) is 3.61. The molecule has 0 atom stereocenters. The zero-order valence-electron chi connectivity index (χ0n) is 12.1. The van der Waals surface area contributed by atoms with Gasteiger partial charge in [-0.25, -0.2) is 13.4 Å². The van der Waals surface area contributed by atoms with Gasteiger partial charge in [-0.05, 0) is 26.3 Å². The van der Waals surface area contributed by atoms with Crippen LogP contribution in [0.25, 0.3) is 0 Å². The molecule has 0 radical (unpaired) electrons. The van der Waals surface area contributed by atoms with Crippen molar-refractivity contribution >= 4 is 9.84 Å². The largest absolute Gasteiger partial charge is 0.331 e. The van der Waals surface area contributed by atoms with E-state index in [1.54, 1.807) is 6.92 Å². The van der Waals surface area contributed by atoms with E-state index >= 15 is 0 Å². The number of sulfone groups is 1. The topological polar surface area (TPSA) is 64.0 Å². The molecule has 0 saturated heterocycles. The van der Waals surface area contributed by atoms with Gasteiger partial charge in [0.2, 0.25) is 0 Å². The maximum Gasteiger partial charge on any atom is 0.150 e. The number of aromatic nitrogens is 2. The summed E-state index contributed by atoms with van der Waals surface area (Å²) in [5.74, 6) is 1.42. The van der Waals surface area contributed by atoms with Gasteiger partial charge in [0.25, 0.3) is 0 Å². The van der Waals surface area contributed by atoms with Gasteiger partial charge in [0.05, 0.1) is 11.4 Å². The number of hydrogen-bond donors (Lipinski definition) is 1. The summed E-state index contributed by atoms with van der Waals surface area (Å²) in [6.45, 7) is 8.26. The highest BCUT2D eigenvalue weighted by Crippen LogP contribution is 2.07. The van der Waals surface area contributed by atoms with Gasteiger partial charge in [0.1, 0.15) is 15.7 Å². The van der Waals surface area contributed by atoms with Crippen LogP contribution >= 0.6 is 0 Å². The molecule has 19 heavy (non-hydrogen) atoms. The van der Waals surface area contributed by atoms with Crippen LogP contribution in [-0.2, 0) is 22.9 Å². The number of rotatable bonds is 9. The highest BCUT2D eigenvalue weighted by Gasteiger charge is 2.10. The van der Waals surface area contributed by atoms with Crippen LogP contribution in [0.5, 0.6) is 0 Å². The van der Waals surface area contributed by atoms with Crippen LogP contribution in [0.1, 0.15) is 38.2 Å². The van der Waals surface area contributed by atoms with Gasteiger partial charge < -0.3 is 9.88 Å². The van der Waals surface area contributed by atoms with Crippen molar-refractivity contribution in [3.8, 4) is 0 Å². The molecule has 0 bridgehead atoms. The Balaban J connectivity index is 2.55. The van der Waals surface area contributed by atoms with Crippen molar-refractivity contribution in [3.05, 3.63) is 17.7 Å². The van der Waals surface area contributed by atoms with E-state index in [1.165, 1.54) is 0 Å². The van der Waals surface area contributed by atoms with Crippen LogP contribution in [0.2, 0.25) is 0 Å². The summed E-state index contributed by atoms with van der Waals surface area (Å²) >= 11 is 0. The summed E-state index contributed by atoms with van der Waals surface area (Å²) in [7, 11) is -2.87. The fraction of sp³-hybridized carbons (Fsp3) is 0.769. The third-order valence-corrected chi connectivity index (χ3v) is 4.94. The molecule has 6 heteroatoms. The molecule has 0 amide bonds. The lowest BCUT2D eigenvalue weighted by Crippen LogP contribution is -2.18. The number of hydrogen-bond acceptors (Lipinski definition) is 4. The molecule has 1 heterocycles. The SMILES string of the molecule is CCCNCc1cnc(C)n1CCCS(=O)(=O)CC. The van der Waals surface area contributed by atoms with E-state index < -0.39 is 9.84 Å². The van der Waals surface area contributed by atoms with Crippen LogP contribution in [0, 0.1) is 6.92 Å². The Hall–Kier alpha value is -0.880. The number of nitrogens with zero attached hydrogens (tertiary/aromatic N) is 2. The smallest absolute Gasteiger partial charge is 0.150 e.